The van der Waals surface area contributed by atoms with Crippen LogP contribution in [0.4, 0.5) is 28.9 Å². The Hall–Kier alpha value is -6.82. The molecular weight excluding hydrogens is 964 g/mol. The highest BCUT2D eigenvalue weighted by Gasteiger charge is 2.70. The Balaban J connectivity index is 0.809. The monoisotopic (exact) mass is 1010 g/mol. The van der Waals surface area contributed by atoms with Gasteiger partial charge in [-0.1, -0.05) is 61.9 Å². The van der Waals surface area contributed by atoms with E-state index in [4.69, 9.17) is 11.6 Å². The molecule has 0 radical (unpaired) electrons. The number of pyridine rings is 1. The number of benzene rings is 3. The number of alkyl halides is 3. The Morgan fingerprint density at radius 1 is 0.986 bits per heavy atom. The molecule has 73 heavy (non-hydrogen) atoms. The number of carbonyl (C=O) groups is 5. The van der Waals surface area contributed by atoms with E-state index in [1.165, 1.54) is 29.3 Å². The van der Waals surface area contributed by atoms with Crippen LogP contribution in [0.25, 0.3) is 0 Å². The van der Waals surface area contributed by atoms with Crippen molar-refractivity contribution in [1.29, 1.82) is 5.26 Å². The zero-order valence-electron chi connectivity index (χ0n) is 40.1. The van der Waals surface area contributed by atoms with Gasteiger partial charge in [-0.15, -0.1) is 0 Å². The molecule has 4 aromatic rings. The third kappa shape index (κ3) is 8.01. The van der Waals surface area contributed by atoms with Gasteiger partial charge in [0.25, 0.3) is 11.8 Å². The first-order valence-corrected chi connectivity index (χ1v) is 25.1. The van der Waals surface area contributed by atoms with Gasteiger partial charge in [-0.25, -0.2) is 4.39 Å². The van der Waals surface area contributed by atoms with Crippen LogP contribution in [-0.4, -0.2) is 81.6 Å². The average Bonchev–Trinajstić information content (AvgIpc) is 3.56. The van der Waals surface area contributed by atoms with Crippen molar-refractivity contribution in [3.05, 3.63) is 122 Å². The summed E-state index contributed by atoms with van der Waals surface area (Å²) in [5, 5.41) is 22.4. The van der Waals surface area contributed by atoms with Crippen LogP contribution < -0.4 is 21.3 Å². The van der Waals surface area contributed by atoms with Gasteiger partial charge in [0.15, 0.2) is 0 Å². The van der Waals surface area contributed by atoms with E-state index in [9.17, 15) is 42.4 Å². The second-order valence-electron chi connectivity index (χ2n) is 21.7. The predicted molar refractivity (Wildman–Crippen MR) is 260 cm³/mol. The van der Waals surface area contributed by atoms with Gasteiger partial charge in [0, 0.05) is 89.5 Å². The summed E-state index contributed by atoms with van der Waals surface area (Å²) in [5.41, 5.74) is -0.378. The van der Waals surface area contributed by atoms with Gasteiger partial charge in [0.05, 0.1) is 22.3 Å². The maximum atomic E-state index is 16.6. The first-order chi connectivity index (χ1) is 34.8. The van der Waals surface area contributed by atoms with Crippen molar-refractivity contribution in [2.24, 2.45) is 16.7 Å². The van der Waals surface area contributed by atoms with Crippen LogP contribution in [0.1, 0.15) is 132 Å². The number of amides is 5. The van der Waals surface area contributed by atoms with Crippen molar-refractivity contribution in [3.8, 4) is 17.9 Å². The normalized spacial score (nSPS) is 27.5. The van der Waals surface area contributed by atoms with Crippen LogP contribution in [0.15, 0.2) is 66.9 Å². The number of nitriles is 1. The van der Waals surface area contributed by atoms with Crippen LogP contribution in [0.3, 0.4) is 0 Å². The van der Waals surface area contributed by atoms with E-state index in [0.717, 1.165) is 36.5 Å². The summed E-state index contributed by atoms with van der Waals surface area (Å²) in [6.07, 6.45) is 1.84. The lowest BCUT2D eigenvalue weighted by atomic mass is 9.53. The van der Waals surface area contributed by atoms with Crippen molar-refractivity contribution >= 4 is 52.5 Å². The van der Waals surface area contributed by atoms with Gasteiger partial charge >= 0.3 is 6.18 Å². The fraction of sp³-hybridized carbons (Fsp3) is 0.436. The molecule has 0 unspecified atom stereocenters. The lowest BCUT2D eigenvalue weighted by Gasteiger charge is -2.52. The molecule has 0 bridgehead atoms. The summed E-state index contributed by atoms with van der Waals surface area (Å²) < 4.78 is 58.7. The number of hydrogen-bond acceptors (Lipinski definition) is 9. The highest BCUT2D eigenvalue weighted by Crippen LogP contribution is 2.64. The molecule has 13 nitrogen and oxygen atoms in total. The van der Waals surface area contributed by atoms with Crippen molar-refractivity contribution in [2.75, 3.05) is 30.3 Å². The van der Waals surface area contributed by atoms with E-state index in [1.54, 1.807) is 35.2 Å². The molecular formula is C55H51ClF4N8O5. The second-order valence-corrected chi connectivity index (χ2v) is 22.1. The van der Waals surface area contributed by atoms with Crippen LogP contribution in [0.2, 0.25) is 5.02 Å². The Labute approximate surface area is 423 Å². The minimum absolute atomic E-state index is 0.0306. The zero-order valence-corrected chi connectivity index (χ0v) is 40.8. The SMILES string of the molecule is CC1(C)CCC[C@@]2(C1)N[C@@H](C(=O)Nc1ccc(C(=O)N3CCC4(CC3)C[C@@H]4C#Cc3cccc4c3CN([C@H]3CCC(=O)NC3=O)C4=O)cc1C#N)[C@H](c1cccc(Cl)c1F)[C@]21CNc2cc(C(F)(F)F)ncc21. The van der Waals surface area contributed by atoms with Crippen LogP contribution in [0.5, 0.6) is 0 Å². The van der Waals surface area contributed by atoms with Crippen LogP contribution in [-0.2, 0) is 32.5 Å². The van der Waals surface area contributed by atoms with E-state index < -0.39 is 58.5 Å². The molecule has 11 rings (SSSR count). The number of anilines is 2. The standard InChI is InChI=1S/C55H51ClF4N8O5/c1-51(2)16-5-17-53(28-51)54(29-63-40-23-42(55(58,59)60)62-26-37(40)54)44(35-8-4-9-38(56)45(35)57)46(66-53)48(71)64-39-13-11-31(22-32(39)25-61)49(72)67-20-18-52(19-21-67)24-33(52)12-10-30-6-3-7-34-36(30)27-68(50(34)73)41-14-15-43(69)65-47(41)70/h3-4,6-9,11,13,22-23,26,33,41,44,46,63,66H,5,14-21,24,27-29H2,1-2H3,(H,64,71)(H,65,69,70)/t33-,41-,44-,46+,53-,54+/m0/s1. The molecule has 3 aromatic carbocycles. The van der Waals surface area contributed by atoms with Crippen molar-refractivity contribution < 1.29 is 41.5 Å². The summed E-state index contributed by atoms with van der Waals surface area (Å²) in [7, 11) is 0. The fourth-order valence-corrected chi connectivity index (χ4v) is 13.6. The largest absolute Gasteiger partial charge is 0.433 e. The van der Waals surface area contributed by atoms with Gasteiger partial charge < -0.3 is 20.4 Å². The van der Waals surface area contributed by atoms with Crippen molar-refractivity contribution in [3.63, 3.8) is 0 Å². The molecule has 376 valence electrons. The third-order valence-corrected chi connectivity index (χ3v) is 17.4. The summed E-state index contributed by atoms with van der Waals surface area (Å²) in [5.74, 6) is 3.12. The summed E-state index contributed by atoms with van der Waals surface area (Å²) in [6, 6.07) is 15.6. The highest BCUT2D eigenvalue weighted by molar-refractivity contribution is 6.30. The number of aromatic nitrogens is 1. The molecule has 2 saturated carbocycles. The molecule has 7 aliphatic rings. The quantitative estimate of drug-likeness (QED) is 0.0872. The molecule has 18 heteroatoms. The molecule has 6 heterocycles. The first-order valence-electron chi connectivity index (χ1n) is 24.7. The molecule has 5 amide bonds. The highest BCUT2D eigenvalue weighted by atomic mass is 35.5. The second kappa shape index (κ2) is 17.4. The topological polar surface area (TPSA) is 177 Å². The minimum atomic E-state index is -4.72. The third-order valence-electron chi connectivity index (χ3n) is 17.1. The Morgan fingerprint density at radius 2 is 1.77 bits per heavy atom. The fourth-order valence-electron chi connectivity index (χ4n) is 13.4. The van der Waals surface area contributed by atoms with Crippen molar-refractivity contribution in [1.82, 2.24) is 25.4 Å². The van der Waals surface area contributed by atoms with Gasteiger partial charge in [0.2, 0.25) is 17.7 Å². The van der Waals surface area contributed by atoms with Crippen molar-refractivity contribution in [2.45, 2.75) is 113 Å². The lowest BCUT2D eigenvalue weighted by molar-refractivity contribution is -0.141. The van der Waals surface area contributed by atoms with E-state index in [-0.39, 0.29) is 93.5 Å². The summed E-state index contributed by atoms with van der Waals surface area (Å²) >= 11 is 6.43. The predicted octanol–water partition coefficient (Wildman–Crippen LogP) is 8.22. The van der Waals surface area contributed by atoms with E-state index in [2.05, 4.69) is 58.0 Å². The van der Waals surface area contributed by atoms with Gasteiger partial charge in [-0.3, -0.25) is 39.6 Å². The average molecular weight is 1020 g/mol. The molecule has 3 spiro atoms. The molecule has 5 fully saturated rings. The first kappa shape index (κ1) is 48.4. The molecule has 4 N–H and O–H groups in total. The number of nitrogens with one attached hydrogen (secondary N) is 4. The number of piperidine rings is 2. The number of halogens is 5. The number of nitrogens with zero attached hydrogens (tertiary/aromatic N) is 4. The van der Waals surface area contributed by atoms with Crippen LogP contribution >= 0.6 is 11.6 Å². The van der Waals surface area contributed by atoms with Gasteiger partial charge in [0.1, 0.15) is 23.6 Å². The Morgan fingerprint density at radius 3 is 2.51 bits per heavy atom. The number of rotatable bonds is 5. The summed E-state index contributed by atoms with van der Waals surface area (Å²) in [6.45, 7) is 5.45. The Bertz CT molecular complexity index is 3170. The molecule has 3 saturated heterocycles. The van der Waals surface area contributed by atoms with E-state index >= 15 is 4.39 Å². The molecule has 2 aliphatic carbocycles. The minimum Gasteiger partial charge on any atom is -0.384 e. The number of hydrogen-bond donors (Lipinski definition) is 4. The zero-order chi connectivity index (χ0) is 51.4. The molecule has 5 aliphatic heterocycles. The van der Waals surface area contributed by atoms with Gasteiger partial charge in [-0.05, 0) is 109 Å². The number of imide groups is 1. The van der Waals surface area contributed by atoms with Gasteiger partial charge in [-0.2, -0.15) is 18.4 Å². The number of fused-ring (bicyclic) bond motifs is 4. The van der Waals surface area contributed by atoms with E-state index in [1.807, 2.05) is 6.07 Å². The maximum absolute atomic E-state index is 16.6. The number of likely N-dealkylation sites (tertiary alicyclic amines) is 1. The van der Waals surface area contributed by atoms with E-state index in [0.29, 0.717) is 49.9 Å². The maximum Gasteiger partial charge on any atom is 0.433 e. The molecule has 6 atom stereocenters. The summed E-state index contributed by atoms with van der Waals surface area (Å²) in [4.78, 5) is 73.9. The molecule has 1 aromatic heterocycles. The van der Waals surface area contributed by atoms with Crippen LogP contribution in [0, 0.1) is 45.7 Å². The number of carbonyl (C=O) groups excluding carboxylic acids is 5. The Kier molecular flexibility index (Phi) is 11.6. The lowest BCUT2D eigenvalue weighted by Crippen LogP contribution is -2.60. The smallest absolute Gasteiger partial charge is 0.384 e.